The zero-order chi connectivity index (χ0) is 24.1. The van der Waals surface area contributed by atoms with E-state index in [4.69, 9.17) is 23.9 Å². The Balaban J connectivity index is 1.49. The second-order valence-electron chi connectivity index (χ2n) is 7.94. The first-order valence-electron chi connectivity index (χ1n) is 10.9. The summed E-state index contributed by atoms with van der Waals surface area (Å²) in [5.74, 6) is 0.765. The van der Waals surface area contributed by atoms with Crippen LogP contribution in [-0.2, 0) is 27.2 Å². The van der Waals surface area contributed by atoms with E-state index in [9.17, 15) is 9.18 Å². The summed E-state index contributed by atoms with van der Waals surface area (Å²) in [5, 5.41) is 0. The molecule has 1 aliphatic carbocycles. The fraction of sp³-hybridized carbons (Fsp3) is 0.478. The van der Waals surface area contributed by atoms with E-state index in [-0.39, 0.29) is 18.6 Å². The van der Waals surface area contributed by atoms with Crippen molar-refractivity contribution in [2.45, 2.75) is 32.2 Å². The predicted molar refractivity (Wildman–Crippen MR) is 124 cm³/mol. The van der Waals surface area contributed by atoms with Crippen molar-refractivity contribution in [2.24, 2.45) is 5.92 Å². The molecule has 0 fully saturated rings. The number of imidazole rings is 1. The second-order valence-corrected chi connectivity index (χ2v) is 8.97. The number of thiophene rings is 1. The van der Waals surface area contributed by atoms with Crippen molar-refractivity contribution in [3.8, 4) is 5.88 Å². The van der Waals surface area contributed by atoms with Crippen molar-refractivity contribution in [1.82, 2.24) is 19.5 Å². The molecular weight excluding hydrogens is 463 g/mol. The summed E-state index contributed by atoms with van der Waals surface area (Å²) < 4.78 is 36.2. The van der Waals surface area contributed by atoms with Gasteiger partial charge < -0.3 is 23.5 Å². The number of fused-ring (bicyclic) bond motifs is 1. The molecule has 1 unspecified atom stereocenters. The lowest BCUT2D eigenvalue weighted by Crippen LogP contribution is -2.15. The zero-order valence-corrected chi connectivity index (χ0v) is 20.2. The Hall–Kier alpha value is -2.89. The summed E-state index contributed by atoms with van der Waals surface area (Å²) in [6.45, 7) is 1.12. The molecule has 182 valence electrons. The first kappa shape index (κ1) is 24.2. The van der Waals surface area contributed by atoms with Crippen LogP contribution in [0, 0.1) is 11.7 Å². The molecule has 34 heavy (non-hydrogen) atoms. The maximum absolute atomic E-state index is 13.9. The van der Waals surface area contributed by atoms with Crippen molar-refractivity contribution in [3.63, 3.8) is 0 Å². The maximum Gasteiger partial charge on any atom is 0.348 e. The van der Waals surface area contributed by atoms with Gasteiger partial charge in [0, 0.05) is 27.2 Å². The molecule has 0 amide bonds. The molecule has 1 atom stereocenters. The van der Waals surface area contributed by atoms with Crippen molar-refractivity contribution in [1.29, 1.82) is 0 Å². The molecule has 9 nitrogen and oxygen atoms in total. The van der Waals surface area contributed by atoms with Gasteiger partial charge in [-0.1, -0.05) is 6.08 Å². The SMILES string of the molecule is COCCn1c(CC2CC=C(c3ncc(F)c(OCOC)n3)CC2)nc2sc(C(=O)OC)cc21. The van der Waals surface area contributed by atoms with Crippen LogP contribution in [0.3, 0.4) is 0 Å². The molecule has 0 radical (unpaired) electrons. The van der Waals surface area contributed by atoms with Crippen LogP contribution in [0.4, 0.5) is 4.39 Å². The summed E-state index contributed by atoms with van der Waals surface area (Å²) in [5.41, 5.74) is 1.90. The molecule has 1 aliphatic rings. The quantitative estimate of drug-likeness (QED) is 0.312. The summed E-state index contributed by atoms with van der Waals surface area (Å²) >= 11 is 1.34. The van der Waals surface area contributed by atoms with Crippen molar-refractivity contribution >= 4 is 33.2 Å². The highest BCUT2D eigenvalue weighted by Crippen LogP contribution is 2.33. The van der Waals surface area contributed by atoms with Gasteiger partial charge in [0.05, 0.1) is 25.4 Å². The summed E-state index contributed by atoms with van der Waals surface area (Å²) in [6, 6.07) is 1.84. The standard InChI is InChI=1S/C23H27FN4O5S/c1-30-9-8-28-17-11-18(23(29)32-3)34-22(17)26-19(28)10-14-4-6-15(7-5-14)20-25-12-16(24)21(27-20)33-13-31-2/h6,11-12,14H,4-5,7-10,13H2,1-3H3. The molecule has 0 N–H and O–H groups in total. The maximum atomic E-state index is 13.9. The third kappa shape index (κ3) is 5.26. The van der Waals surface area contributed by atoms with E-state index in [2.05, 4.69) is 20.6 Å². The Morgan fingerprint density at radius 2 is 2.12 bits per heavy atom. The first-order valence-corrected chi connectivity index (χ1v) is 11.8. The highest BCUT2D eigenvalue weighted by atomic mass is 32.1. The van der Waals surface area contributed by atoms with E-state index in [1.165, 1.54) is 25.6 Å². The van der Waals surface area contributed by atoms with Gasteiger partial charge in [-0.2, -0.15) is 9.37 Å². The molecule has 11 heteroatoms. The van der Waals surface area contributed by atoms with Crippen LogP contribution in [0.1, 0.15) is 40.6 Å². The zero-order valence-electron chi connectivity index (χ0n) is 19.4. The van der Waals surface area contributed by atoms with Gasteiger partial charge in [0.1, 0.15) is 15.5 Å². The lowest BCUT2D eigenvalue weighted by atomic mass is 9.87. The summed E-state index contributed by atoms with van der Waals surface area (Å²) in [7, 11) is 4.50. The average Bonchev–Trinajstić information content (AvgIpc) is 3.40. The van der Waals surface area contributed by atoms with E-state index in [0.717, 1.165) is 53.6 Å². The number of halogens is 1. The minimum absolute atomic E-state index is 0.0806. The number of allylic oxidation sites excluding steroid dienone is 2. The third-order valence-corrected chi connectivity index (χ3v) is 6.73. The van der Waals surface area contributed by atoms with Crippen molar-refractivity contribution in [2.75, 3.05) is 34.7 Å². The van der Waals surface area contributed by atoms with Gasteiger partial charge in [-0.25, -0.2) is 14.8 Å². The molecule has 0 spiro atoms. The van der Waals surface area contributed by atoms with Gasteiger partial charge in [0.25, 0.3) is 5.88 Å². The number of hydrogen-bond donors (Lipinski definition) is 0. The number of ether oxygens (including phenoxy) is 4. The van der Waals surface area contributed by atoms with E-state index in [0.29, 0.717) is 29.8 Å². The van der Waals surface area contributed by atoms with E-state index < -0.39 is 5.82 Å². The normalized spacial score (nSPS) is 16.0. The van der Waals surface area contributed by atoms with E-state index in [1.807, 2.05) is 6.07 Å². The lowest BCUT2D eigenvalue weighted by Gasteiger charge is -2.22. The van der Waals surface area contributed by atoms with Crippen LogP contribution in [0.5, 0.6) is 5.88 Å². The van der Waals surface area contributed by atoms with Gasteiger partial charge in [-0.15, -0.1) is 11.3 Å². The van der Waals surface area contributed by atoms with Crippen LogP contribution in [0.2, 0.25) is 0 Å². The molecule has 0 aromatic carbocycles. The smallest absolute Gasteiger partial charge is 0.348 e. The number of nitrogens with zero attached hydrogens (tertiary/aromatic N) is 4. The largest absolute Gasteiger partial charge is 0.465 e. The van der Waals surface area contributed by atoms with Gasteiger partial charge in [-0.3, -0.25) is 0 Å². The Morgan fingerprint density at radius 1 is 1.26 bits per heavy atom. The number of hydrogen-bond acceptors (Lipinski definition) is 9. The average molecular weight is 491 g/mol. The molecule has 4 rings (SSSR count). The first-order chi connectivity index (χ1) is 16.5. The third-order valence-electron chi connectivity index (χ3n) is 5.74. The monoisotopic (exact) mass is 490 g/mol. The van der Waals surface area contributed by atoms with Gasteiger partial charge in [0.15, 0.2) is 12.6 Å². The Morgan fingerprint density at radius 3 is 2.82 bits per heavy atom. The van der Waals surface area contributed by atoms with Crippen molar-refractivity contribution < 1.29 is 28.1 Å². The fourth-order valence-corrected chi connectivity index (χ4v) is 4.98. The van der Waals surface area contributed by atoms with Crippen LogP contribution in [0.25, 0.3) is 15.9 Å². The predicted octanol–water partition coefficient (Wildman–Crippen LogP) is 3.87. The fourth-order valence-electron chi connectivity index (χ4n) is 4.01. The molecule has 0 saturated carbocycles. The second kappa shape index (κ2) is 11.0. The molecular formula is C23H27FN4O5S. The Labute approximate surface area is 200 Å². The van der Waals surface area contributed by atoms with Crippen LogP contribution >= 0.6 is 11.3 Å². The number of rotatable bonds is 10. The highest BCUT2D eigenvalue weighted by molar-refractivity contribution is 7.20. The van der Waals surface area contributed by atoms with Crippen molar-refractivity contribution in [3.05, 3.63) is 40.7 Å². The van der Waals surface area contributed by atoms with Crippen LogP contribution < -0.4 is 4.74 Å². The number of aromatic nitrogens is 4. The minimum atomic E-state index is -0.617. The summed E-state index contributed by atoms with van der Waals surface area (Å²) in [4.78, 5) is 26.5. The number of methoxy groups -OCH3 is 3. The van der Waals surface area contributed by atoms with Crippen LogP contribution in [0.15, 0.2) is 18.3 Å². The van der Waals surface area contributed by atoms with Crippen LogP contribution in [-0.4, -0.2) is 60.2 Å². The van der Waals surface area contributed by atoms with Gasteiger partial charge in [-0.05, 0) is 36.8 Å². The number of carbonyl (C=O) groups is 1. The molecule has 3 aromatic rings. The van der Waals surface area contributed by atoms with E-state index in [1.54, 1.807) is 7.11 Å². The molecule has 0 aliphatic heterocycles. The highest BCUT2D eigenvalue weighted by Gasteiger charge is 2.23. The number of carbonyl (C=O) groups excluding carboxylic acids is 1. The number of esters is 1. The molecule has 0 saturated heterocycles. The van der Waals surface area contributed by atoms with Gasteiger partial charge in [0.2, 0.25) is 5.82 Å². The minimum Gasteiger partial charge on any atom is -0.465 e. The molecule has 0 bridgehead atoms. The molecule has 3 heterocycles. The molecule has 3 aromatic heterocycles. The Bertz CT molecular complexity index is 1190. The summed E-state index contributed by atoms with van der Waals surface area (Å²) in [6.07, 6.45) is 6.58. The van der Waals surface area contributed by atoms with E-state index >= 15 is 0 Å². The van der Waals surface area contributed by atoms with Gasteiger partial charge >= 0.3 is 5.97 Å². The topological polar surface area (TPSA) is 97.6 Å². The Kier molecular flexibility index (Phi) is 7.86. The lowest BCUT2D eigenvalue weighted by molar-refractivity contribution is 0.0445.